The van der Waals surface area contributed by atoms with Crippen LogP contribution in [-0.2, 0) is 9.59 Å². The molecule has 2 N–H and O–H groups in total. The predicted molar refractivity (Wildman–Crippen MR) is 54.3 cm³/mol. The van der Waals surface area contributed by atoms with E-state index in [0.717, 1.165) is 0 Å². The minimum Gasteiger partial charge on any atom is -0.480 e. The molecule has 2 aliphatic heterocycles. The molecule has 2 saturated heterocycles. The lowest BCUT2D eigenvalue weighted by atomic mass is 9.92. The van der Waals surface area contributed by atoms with Gasteiger partial charge in [0.2, 0.25) is 5.91 Å². The minimum absolute atomic E-state index is 0.168. The number of carboxylic acids is 1. The molecule has 0 bridgehead atoms. The van der Waals surface area contributed by atoms with Crippen molar-refractivity contribution < 1.29 is 19.8 Å². The number of aliphatic hydroxyl groups excluding tert-OH is 1. The molecule has 1 unspecified atom stereocenters. The quantitative estimate of drug-likeness (QED) is 0.640. The molecule has 0 aromatic rings. The Morgan fingerprint density at radius 1 is 1.60 bits per heavy atom. The normalized spacial score (nSPS) is 37.4. The largest absolute Gasteiger partial charge is 0.480 e. The van der Waals surface area contributed by atoms with Gasteiger partial charge in [0.15, 0.2) is 0 Å². The van der Waals surface area contributed by atoms with Crippen LogP contribution in [0.5, 0.6) is 0 Å². The van der Waals surface area contributed by atoms with Crippen molar-refractivity contribution in [2.24, 2.45) is 5.92 Å². The van der Waals surface area contributed by atoms with E-state index < -0.39 is 22.7 Å². The van der Waals surface area contributed by atoms with Crippen molar-refractivity contribution in [3.63, 3.8) is 0 Å². The summed E-state index contributed by atoms with van der Waals surface area (Å²) in [6.07, 6.45) is 0. The van der Waals surface area contributed by atoms with Crippen LogP contribution in [0.15, 0.2) is 0 Å². The van der Waals surface area contributed by atoms with Crippen LogP contribution in [0.2, 0.25) is 0 Å². The number of thioether (sulfide) groups is 1. The molecule has 2 rings (SSSR count). The summed E-state index contributed by atoms with van der Waals surface area (Å²) >= 11 is 1.45. The molecule has 15 heavy (non-hydrogen) atoms. The van der Waals surface area contributed by atoms with E-state index in [-0.39, 0.29) is 17.9 Å². The number of carboxylic acid groups (broad SMARTS) is 1. The van der Waals surface area contributed by atoms with Gasteiger partial charge in [-0.2, -0.15) is 0 Å². The van der Waals surface area contributed by atoms with Crippen molar-refractivity contribution in [3.8, 4) is 0 Å². The molecule has 2 fully saturated rings. The van der Waals surface area contributed by atoms with Gasteiger partial charge in [-0.25, -0.2) is 4.79 Å². The van der Waals surface area contributed by atoms with Gasteiger partial charge in [0, 0.05) is 4.75 Å². The van der Waals surface area contributed by atoms with Crippen molar-refractivity contribution in [3.05, 3.63) is 0 Å². The molecule has 2 aliphatic rings. The Labute approximate surface area is 91.4 Å². The molecule has 0 aliphatic carbocycles. The summed E-state index contributed by atoms with van der Waals surface area (Å²) in [6.45, 7) is 3.43. The van der Waals surface area contributed by atoms with Crippen LogP contribution in [0.1, 0.15) is 13.8 Å². The lowest BCUT2D eigenvalue weighted by molar-refractivity contribution is -0.165. The lowest BCUT2D eigenvalue weighted by Gasteiger charge is -2.42. The summed E-state index contributed by atoms with van der Waals surface area (Å²) in [5.41, 5.74) is 0. The topological polar surface area (TPSA) is 77.8 Å². The average molecular weight is 231 g/mol. The first-order chi connectivity index (χ1) is 6.90. The number of carbonyl (C=O) groups excluding carboxylic acids is 1. The van der Waals surface area contributed by atoms with Crippen LogP contribution >= 0.6 is 11.8 Å². The second kappa shape index (κ2) is 3.12. The Bertz CT molecular complexity index is 330. The van der Waals surface area contributed by atoms with E-state index in [2.05, 4.69) is 0 Å². The molecular formula is C9H13NO4S. The lowest BCUT2D eigenvalue weighted by Crippen LogP contribution is -2.63. The van der Waals surface area contributed by atoms with Crippen LogP contribution in [0, 0.1) is 5.92 Å². The third-order valence-corrected chi connectivity index (χ3v) is 4.61. The number of hydrogen-bond donors (Lipinski definition) is 2. The fourth-order valence-electron chi connectivity index (χ4n) is 2.26. The van der Waals surface area contributed by atoms with Crippen LogP contribution in [0.4, 0.5) is 0 Å². The average Bonchev–Trinajstić information content (AvgIpc) is 2.35. The molecule has 0 spiro atoms. The first-order valence-electron chi connectivity index (χ1n) is 4.74. The zero-order chi connectivity index (χ0) is 11.4. The zero-order valence-electron chi connectivity index (χ0n) is 8.51. The second-order valence-electron chi connectivity index (χ2n) is 4.39. The first kappa shape index (κ1) is 10.8. The molecule has 2 heterocycles. The highest BCUT2D eigenvalue weighted by atomic mass is 32.2. The molecule has 3 atom stereocenters. The molecule has 0 saturated carbocycles. The van der Waals surface area contributed by atoms with Gasteiger partial charge < -0.3 is 15.1 Å². The maximum Gasteiger partial charge on any atom is 0.327 e. The van der Waals surface area contributed by atoms with E-state index in [0.29, 0.717) is 0 Å². The van der Waals surface area contributed by atoms with Gasteiger partial charge in [-0.1, -0.05) is 0 Å². The molecule has 1 amide bonds. The minimum atomic E-state index is -0.972. The number of carbonyl (C=O) groups is 2. The van der Waals surface area contributed by atoms with Crippen molar-refractivity contribution in [1.29, 1.82) is 0 Å². The molecule has 0 aromatic heterocycles. The third kappa shape index (κ3) is 1.28. The molecule has 0 radical (unpaired) electrons. The van der Waals surface area contributed by atoms with Gasteiger partial charge in [-0.3, -0.25) is 4.79 Å². The fourth-order valence-corrected chi connectivity index (χ4v) is 3.93. The van der Waals surface area contributed by atoms with E-state index in [9.17, 15) is 9.59 Å². The number of aliphatic hydroxyl groups is 1. The Morgan fingerprint density at radius 3 is 2.67 bits per heavy atom. The van der Waals surface area contributed by atoms with Crippen LogP contribution < -0.4 is 0 Å². The summed E-state index contributed by atoms with van der Waals surface area (Å²) in [6, 6.07) is -0.775. The van der Waals surface area contributed by atoms with Gasteiger partial charge >= 0.3 is 5.97 Å². The summed E-state index contributed by atoms with van der Waals surface area (Å²) in [7, 11) is 0. The van der Waals surface area contributed by atoms with E-state index >= 15 is 0 Å². The van der Waals surface area contributed by atoms with E-state index in [1.54, 1.807) is 0 Å². The number of hydrogen-bond acceptors (Lipinski definition) is 4. The summed E-state index contributed by atoms with van der Waals surface area (Å²) < 4.78 is -0.490. The molecule has 6 heteroatoms. The van der Waals surface area contributed by atoms with Crippen molar-refractivity contribution >= 4 is 23.6 Å². The predicted octanol–water partition coefficient (Wildman–Crippen LogP) is -0.258. The van der Waals surface area contributed by atoms with Crippen LogP contribution in [0.25, 0.3) is 0 Å². The fraction of sp³-hybridized carbons (Fsp3) is 0.778. The summed E-state index contributed by atoms with van der Waals surface area (Å²) in [5, 5.41) is 17.9. The molecular weight excluding hydrogens is 218 g/mol. The highest BCUT2D eigenvalue weighted by Crippen LogP contribution is 2.52. The van der Waals surface area contributed by atoms with E-state index in [1.807, 2.05) is 13.8 Å². The standard InChI is InChI=1S/C9H13NO4S/c1-9(2)5(8(13)14)10-6(12)4(3-11)7(10)15-9/h4-5,7,11H,3H2,1-2H3,(H,13,14)/t4?,5-,7+/m0/s1. The number of amides is 1. The van der Waals surface area contributed by atoms with E-state index in [4.69, 9.17) is 10.2 Å². The smallest absolute Gasteiger partial charge is 0.327 e. The molecule has 5 nitrogen and oxygen atoms in total. The first-order valence-corrected chi connectivity index (χ1v) is 5.62. The zero-order valence-corrected chi connectivity index (χ0v) is 9.32. The maximum atomic E-state index is 11.6. The summed E-state index contributed by atoms with van der Waals surface area (Å²) in [4.78, 5) is 24.0. The Hall–Kier alpha value is -0.750. The maximum absolute atomic E-state index is 11.6. The Kier molecular flexibility index (Phi) is 2.24. The third-order valence-electron chi connectivity index (χ3n) is 2.98. The highest BCUT2D eigenvalue weighted by Gasteiger charge is 2.63. The van der Waals surface area contributed by atoms with Crippen molar-refractivity contribution in [2.45, 2.75) is 30.0 Å². The number of nitrogens with zero attached hydrogens (tertiary/aromatic N) is 1. The molecule has 0 aromatic carbocycles. The van der Waals surface area contributed by atoms with Gasteiger partial charge in [-0.05, 0) is 13.8 Å². The Morgan fingerprint density at radius 2 is 2.20 bits per heavy atom. The van der Waals surface area contributed by atoms with Gasteiger partial charge in [-0.15, -0.1) is 11.8 Å². The number of aliphatic carboxylic acids is 1. The van der Waals surface area contributed by atoms with Crippen LogP contribution in [0.3, 0.4) is 0 Å². The highest BCUT2D eigenvalue weighted by molar-refractivity contribution is 8.01. The van der Waals surface area contributed by atoms with Gasteiger partial charge in [0.1, 0.15) is 6.04 Å². The Balaban J connectivity index is 2.28. The number of β-lactam (4-membered cyclic amide) rings is 1. The van der Waals surface area contributed by atoms with Crippen LogP contribution in [-0.4, -0.2) is 49.8 Å². The summed E-state index contributed by atoms with van der Waals surface area (Å²) in [5.74, 6) is -1.63. The number of rotatable bonds is 2. The number of fused-ring (bicyclic) bond motifs is 1. The molecule has 84 valence electrons. The van der Waals surface area contributed by atoms with E-state index in [1.165, 1.54) is 16.7 Å². The van der Waals surface area contributed by atoms with Crippen molar-refractivity contribution in [1.82, 2.24) is 4.90 Å². The van der Waals surface area contributed by atoms with Gasteiger partial charge in [0.25, 0.3) is 0 Å². The SMILES string of the molecule is CC1(C)S[C@@H]2C(CO)C(=O)N2[C@H]1C(=O)O. The second-order valence-corrected chi connectivity index (χ2v) is 6.16. The monoisotopic (exact) mass is 231 g/mol. The van der Waals surface area contributed by atoms with Gasteiger partial charge in [0.05, 0.1) is 17.9 Å². The van der Waals surface area contributed by atoms with Crippen molar-refractivity contribution in [2.75, 3.05) is 6.61 Å².